The summed E-state index contributed by atoms with van der Waals surface area (Å²) in [5.74, 6) is 0. The fraction of sp³-hybridized carbons (Fsp3) is 0.0462. The Bertz CT molecular complexity index is 8400. The van der Waals surface area contributed by atoms with E-state index in [1.54, 1.807) is 0 Å². The first kappa shape index (κ1) is 78.9. The van der Waals surface area contributed by atoms with Crippen LogP contribution in [0.4, 0.5) is 34.1 Å². The van der Waals surface area contributed by atoms with Crippen LogP contribution in [0.25, 0.3) is 187 Å². The van der Waals surface area contributed by atoms with Crippen LogP contribution >= 0.6 is 0 Å². The molecule has 0 spiro atoms. The van der Waals surface area contributed by atoms with E-state index in [2.05, 4.69) is 523 Å². The first-order chi connectivity index (χ1) is 65.1. The molecule has 0 saturated carbocycles. The van der Waals surface area contributed by atoms with Gasteiger partial charge in [-0.15, -0.1) is 0 Å². The predicted octanol–water partition coefficient (Wildman–Crippen LogP) is 36.3. The zero-order valence-corrected chi connectivity index (χ0v) is 74.1. The Hall–Kier alpha value is -16.5. The van der Waals surface area contributed by atoms with Gasteiger partial charge < -0.3 is 9.80 Å². The maximum atomic E-state index is 2.46. The Balaban J connectivity index is 0.000000146. The monoisotopic (exact) mass is 1680 g/mol. The molecule has 0 unspecified atom stereocenters. The molecule has 0 amide bonds. The standard InChI is InChI=1S/C67H47N.C63H45N/c1-67(2)61-34-20-19-31-53(61)54-38-36-49(42-62(54)67)68(48-27-13-6-14-28-48)63-40-39-50(51-29-15-17-32-55(51)63)47-35-37-57-60(41-47)52-30-16-18-33-56(52)65-59(45-23-9-4-10-24-45)43-58(44-21-7-3-8-22-44)64(66(57)65)46-25-11-5-12-26-46;1-63(2)58-39-46(32-35-51(58)52-37-34-49(40-59(52)63)64(47-26-14-6-15-27-47)48-28-16-7-17-29-48)45-33-36-54-57(38-45)50-30-18-19-31-53(50)61-56(43-22-10-4-11-23-43)41-55(42-20-8-3-9-21-42)60(62(54)61)44-24-12-5-13-25-44/h3-43H,1-2H3;3-41H,1-2H3. The Labute approximate surface area is 771 Å². The van der Waals surface area contributed by atoms with Gasteiger partial charge in [0.1, 0.15) is 0 Å². The van der Waals surface area contributed by atoms with Gasteiger partial charge in [0.05, 0.1) is 5.69 Å². The van der Waals surface area contributed by atoms with Crippen molar-refractivity contribution in [3.8, 4) is 111 Å². The van der Waals surface area contributed by atoms with Crippen LogP contribution < -0.4 is 9.80 Å². The Kier molecular flexibility index (Phi) is 19.3. The molecular formula is C130H92N2. The highest BCUT2D eigenvalue weighted by atomic mass is 15.1. The molecule has 0 aromatic heterocycles. The van der Waals surface area contributed by atoms with Crippen LogP contribution in [0, 0.1) is 0 Å². The van der Waals surface area contributed by atoms with Gasteiger partial charge in [-0.05, 0) is 301 Å². The SMILES string of the molecule is CC1(C)c2cc(-c3ccc4c(c3)c3ccccc3c3c(-c5ccccc5)cc(-c5ccccc5)c(-c5ccccc5)c43)ccc2-c2ccc(N(c3ccccc3)c3ccccc3)cc21.CC1(C)c2ccccc2-c2ccc(N(c3ccccc3)c3ccc(-c4ccc5c(c4)c4ccccc4c4c(-c6ccccc6)cc(-c6ccccc6)c(-c6ccccc6)c54)c4ccccc34)cc21. The lowest BCUT2D eigenvalue weighted by Gasteiger charge is -2.29. The van der Waals surface area contributed by atoms with Gasteiger partial charge in [-0.2, -0.15) is 0 Å². The van der Waals surface area contributed by atoms with Crippen molar-refractivity contribution >= 4 is 110 Å². The van der Waals surface area contributed by atoms with Gasteiger partial charge in [0.15, 0.2) is 0 Å². The first-order valence-corrected chi connectivity index (χ1v) is 46.1. The van der Waals surface area contributed by atoms with Gasteiger partial charge in [0.25, 0.3) is 0 Å². The van der Waals surface area contributed by atoms with Crippen molar-refractivity contribution in [2.24, 2.45) is 0 Å². The maximum absolute atomic E-state index is 2.46. The molecule has 0 atom stereocenters. The Morgan fingerprint density at radius 1 is 0.144 bits per heavy atom. The zero-order valence-electron chi connectivity index (χ0n) is 74.1. The average Bonchev–Trinajstić information content (AvgIpc) is 1.14. The van der Waals surface area contributed by atoms with Crippen molar-refractivity contribution in [2.75, 3.05) is 9.80 Å². The molecule has 2 aliphatic rings. The third-order valence-electron chi connectivity index (χ3n) is 28.2. The van der Waals surface area contributed by atoms with E-state index in [0.717, 1.165) is 34.1 Å². The third kappa shape index (κ3) is 13.2. The third-order valence-corrected chi connectivity index (χ3v) is 28.2. The minimum absolute atomic E-state index is 0.115. The number of para-hydroxylation sites is 3. The molecule has 0 heterocycles. The van der Waals surface area contributed by atoms with Crippen LogP contribution in [-0.4, -0.2) is 0 Å². The van der Waals surface area contributed by atoms with E-state index in [4.69, 9.17) is 0 Å². The molecule has 23 aromatic rings. The molecule has 622 valence electrons. The lowest BCUT2D eigenvalue weighted by molar-refractivity contribution is 0.660. The van der Waals surface area contributed by atoms with Gasteiger partial charge in [-0.3, -0.25) is 0 Å². The number of fused-ring (bicyclic) bond motifs is 19. The second-order valence-electron chi connectivity index (χ2n) is 36.4. The highest BCUT2D eigenvalue weighted by Gasteiger charge is 2.39. The van der Waals surface area contributed by atoms with Crippen LogP contribution in [0.3, 0.4) is 0 Å². The van der Waals surface area contributed by atoms with Gasteiger partial charge in [0, 0.05) is 44.7 Å². The summed E-state index contributed by atoms with van der Waals surface area (Å²) in [4.78, 5) is 4.81. The molecule has 132 heavy (non-hydrogen) atoms. The van der Waals surface area contributed by atoms with E-state index < -0.39 is 0 Å². The van der Waals surface area contributed by atoms with E-state index in [1.165, 1.54) is 209 Å². The molecule has 2 heteroatoms. The van der Waals surface area contributed by atoms with Gasteiger partial charge >= 0.3 is 0 Å². The first-order valence-electron chi connectivity index (χ1n) is 46.1. The van der Waals surface area contributed by atoms with Crippen LogP contribution in [0.1, 0.15) is 49.9 Å². The molecule has 0 N–H and O–H groups in total. The topological polar surface area (TPSA) is 6.48 Å². The summed E-state index contributed by atoms with van der Waals surface area (Å²) in [5, 5.41) is 17.6. The van der Waals surface area contributed by atoms with Crippen molar-refractivity contribution in [3.63, 3.8) is 0 Å². The summed E-state index contributed by atoms with van der Waals surface area (Å²) >= 11 is 0. The number of rotatable bonds is 14. The fourth-order valence-electron chi connectivity index (χ4n) is 22.1. The van der Waals surface area contributed by atoms with E-state index >= 15 is 0 Å². The second-order valence-corrected chi connectivity index (χ2v) is 36.4. The van der Waals surface area contributed by atoms with Gasteiger partial charge in [0.2, 0.25) is 0 Å². The van der Waals surface area contributed by atoms with Crippen LogP contribution in [0.15, 0.2) is 485 Å². The Morgan fingerprint density at radius 2 is 0.447 bits per heavy atom. The van der Waals surface area contributed by atoms with Crippen molar-refractivity contribution in [1.29, 1.82) is 0 Å². The molecular weight excluding hydrogens is 1590 g/mol. The molecule has 0 aliphatic heterocycles. The van der Waals surface area contributed by atoms with Crippen LogP contribution in [0.2, 0.25) is 0 Å². The normalized spacial score (nSPS) is 12.7. The highest BCUT2D eigenvalue weighted by molar-refractivity contribution is 6.35. The molecule has 0 bridgehead atoms. The number of benzene rings is 23. The number of hydrogen-bond acceptors (Lipinski definition) is 2. The quantitative estimate of drug-likeness (QED) is 0.100. The smallest absolute Gasteiger partial charge is 0.0540 e. The summed E-state index contributed by atoms with van der Waals surface area (Å²) in [6.45, 7) is 9.50. The largest absolute Gasteiger partial charge is 0.310 e. The summed E-state index contributed by atoms with van der Waals surface area (Å²) in [6.07, 6.45) is 0. The molecule has 0 fully saturated rings. The van der Waals surface area contributed by atoms with Crippen molar-refractivity contribution < 1.29 is 0 Å². The van der Waals surface area contributed by atoms with Crippen molar-refractivity contribution in [3.05, 3.63) is 508 Å². The van der Waals surface area contributed by atoms with Crippen LogP contribution in [-0.2, 0) is 10.8 Å². The highest BCUT2D eigenvalue weighted by Crippen LogP contribution is 2.57. The van der Waals surface area contributed by atoms with E-state index in [1.807, 2.05) is 0 Å². The van der Waals surface area contributed by atoms with E-state index in [0.29, 0.717) is 0 Å². The predicted molar refractivity (Wildman–Crippen MR) is 563 cm³/mol. The molecule has 2 aliphatic carbocycles. The molecule has 23 aromatic carbocycles. The lowest BCUT2D eigenvalue weighted by atomic mass is 9.80. The van der Waals surface area contributed by atoms with E-state index in [9.17, 15) is 0 Å². The molecule has 0 saturated heterocycles. The number of hydrogen-bond donors (Lipinski definition) is 0. The number of anilines is 6. The summed E-state index contributed by atoms with van der Waals surface area (Å²) in [7, 11) is 0. The van der Waals surface area contributed by atoms with Gasteiger partial charge in [-0.1, -0.05) is 416 Å². The minimum Gasteiger partial charge on any atom is -0.310 e. The minimum atomic E-state index is -0.207. The number of nitrogens with zero attached hydrogens (tertiary/aromatic N) is 2. The van der Waals surface area contributed by atoms with Crippen LogP contribution in [0.5, 0.6) is 0 Å². The van der Waals surface area contributed by atoms with E-state index in [-0.39, 0.29) is 10.8 Å². The van der Waals surface area contributed by atoms with Gasteiger partial charge in [-0.25, -0.2) is 0 Å². The summed E-state index contributed by atoms with van der Waals surface area (Å²) in [5.41, 5.74) is 36.8. The lowest BCUT2D eigenvalue weighted by Crippen LogP contribution is -2.16. The second kappa shape index (κ2) is 32.3. The Morgan fingerprint density at radius 3 is 0.909 bits per heavy atom. The fourth-order valence-corrected chi connectivity index (χ4v) is 22.1. The van der Waals surface area contributed by atoms with Crippen molar-refractivity contribution in [1.82, 2.24) is 0 Å². The summed E-state index contributed by atoms with van der Waals surface area (Å²) < 4.78 is 0. The maximum Gasteiger partial charge on any atom is 0.0540 e. The summed E-state index contributed by atoms with van der Waals surface area (Å²) in [6, 6.07) is 179. The molecule has 25 rings (SSSR count). The molecule has 2 nitrogen and oxygen atoms in total. The molecule has 0 radical (unpaired) electrons. The zero-order chi connectivity index (χ0) is 88.1. The average molecular weight is 1680 g/mol. The van der Waals surface area contributed by atoms with Crippen molar-refractivity contribution in [2.45, 2.75) is 38.5 Å².